The Labute approximate surface area is 186 Å². The summed E-state index contributed by atoms with van der Waals surface area (Å²) < 4.78 is 14.4. The Hall–Kier alpha value is -3.46. The van der Waals surface area contributed by atoms with Crippen LogP contribution in [-0.2, 0) is 17.2 Å². The van der Waals surface area contributed by atoms with E-state index in [-0.39, 0.29) is 5.71 Å². The van der Waals surface area contributed by atoms with E-state index >= 15 is 0 Å². The summed E-state index contributed by atoms with van der Waals surface area (Å²) in [7, 11) is 4.62. The van der Waals surface area contributed by atoms with E-state index in [1.807, 2.05) is 18.2 Å². The maximum atomic E-state index is 13.4. The fraction of sp³-hybridized carbons (Fsp3) is 0.273. The Morgan fingerprint density at radius 2 is 1.74 bits per heavy atom. The van der Waals surface area contributed by atoms with Gasteiger partial charge in [-0.3, -0.25) is 10.2 Å². The van der Waals surface area contributed by atoms with Crippen LogP contribution in [0.15, 0.2) is 57.9 Å². The second-order valence-corrected chi connectivity index (χ2v) is 6.78. The Kier molecular flexibility index (Phi) is 8.95. The first-order chi connectivity index (χ1) is 15.0. The van der Waals surface area contributed by atoms with Gasteiger partial charge in [0.15, 0.2) is 0 Å². The van der Waals surface area contributed by atoms with Crippen LogP contribution in [0.4, 0.5) is 5.69 Å². The molecule has 2 aromatic rings. The highest BCUT2D eigenvalue weighted by Crippen LogP contribution is 2.29. The molecule has 0 aliphatic heterocycles. The highest BCUT2D eigenvalue weighted by molar-refractivity contribution is 7.47. The second-order valence-electron chi connectivity index (χ2n) is 6.57. The molecule has 0 saturated heterocycles. The fourth-order valence-electron chi connectivity index (χ4n) is 3.01. The molecule has 9 heteroatoms. The van der Waals surface area contributed by atoms with Crippen molar-refractivity contribution < 1.29 is 14.3 Å². The molecule has 31 heavy (non-hydrogen) atoms. The topological polar surface area (TPSA) is 120 Å². The standard InChI is InChI=1S/C22H25N5O3S/c1-25-13-15(12-23)20(27-31)19(24)22(28)21(14-7-5-4-6-8-14)26-16-9-17(29-2)11-18(10-16)30-3/h4-13,15,20-21,23-24,26H,1-3H3. The van der Waals surface area contributed by atoms with E-state index in [0.717, 1.165) is 6.21 Å². The van der Waals surface area contributed by atoms with Gasteiger partial charge in [-0.25, -0.2) is 4.36 Å². The van der Waals surface area contributed by atoms with Gasteiger partial charge in [0, 0.05) is 55.8 Å². The van der Waals surface area contributed by atoms with Crippen molar-refractivity contribution in [2.24, 2.45) is 15.3 Å². The Bertz CT molecular complexity index is 943. The number of aliphatic imine (C=N–C) groups is 1. The second kappa shape index (κ2) is 11.7. The molecule has 0 saturated carbocycles. The van der Waals surface area contributed by atoms with E-state index < -0.39 is 23.8 Å². The summed E-state index contributed by atoms with van der Waals surface area (Å²) in [4.78, 5) is 17.3. The van der Waals surface area contributed by atoms with Gasteiger partial charge in [-0.15, -0.1) is 0 Å². The van der Waals surface area contributed by atoms with E-state index in [2.05, 4.69) is 14.7 Å². The maximum Gasteiger partial charge on any atom is 0.205 e. The summed E-state index contributed by atoms with van der Waals surface area (Å²) >= 11 is 4.84. The minimum absolute atomic E-state index is 0.306. The summed E-state index contributed by atoms with van der Waals surface area (Å²) in [6, 6.07) is 12.4. The predicted octanol–water partition coefficient (Wildman–Crippen LogP) is 3.51. The molecule has 0 amide bonds. The van der Waals surface area contributed by atoms with Gasteiger partial charge in [-0.2, -0.15) is 0 Å². The third-order valence-corrected chi connectivity index (χ3v) is 4.84. The first-order valence-corrected chi connectivity index (χ1v) is 9.78. The molecule has 0 aliphatic rings. The van der Waals surface area contributed by atoms with Gasteiger partial charge in [0.05, 0.1) is 20.1 Å². The van der Waals surface area contributed by atoms with Crippen LogP contribution in [0.2, 0.25) is 0 Å². The van der Waals surface area contributed by atoms with Crippen molar-refractivity contribution in [2.75, 3.05) is 26.6 Å². The molecule has 8 nitrogen and oxygen atoms in total. The number of hydrogen-bond donors (Lipinski definition) is 3. The van der Waals surface area contributed by atoms with Crippen LogP contribution in [0.3, 0.4) is 0 Å². The molecular weight excluding hydrogens is 414 g/mol. The molecule has 0 heterocycles. The zero-order chi connectivity index (χ0) is 22.8. The lowest BCUT2D eigenvalue weighted by Crippen LogP contribution is -2.38. The Morgan fingerprint density at radius 1 is 1.13 bits per heavy atom. The van der Waals surface area contributed by atoms with Crippen LogP contribution in [0.1, 0.15) is 11.6 Å². The highest BCUT2D eigenvalue weighted by atomic mass is 32.1. The molecule has 0 spiro atoms. The molecule has 2 aromatic carbocycles. The monoisotopic (exact) mass is 439 g/mol. The zero-order valence-corrected chi connectivity index (χ0v) is 18.3. The van der Waals surface area contributed by atoms with Crippen LogP contribution < -0.4 is 14.8 Å². The normalized spacial score (nSPS) is 13.6. The van der Waals surface area contributed by atoms with Crippen LogP contribution in [-0.4, -0.2) is 51.2 Å². The third-order valence-electron chi connectivity index (χ3n) is 4.61. The summed E-state index contributed by atoms with van der Waals surface area (Å²) in [6.07, 6.45) is 2.53. The first kappa shape index (κ1) is 23.8. The minimum Gasteiger partial charge on any atom is -0.497 e. The number of carbonyl (C=O) groups is 1. The molecule has 3 unspecified atom stereocenters. The first-order valence-electron chi connectivity index (χ1n) is 9.41. The van der Waals surface area contributed by atoms with E-state index in [0.29, 0.717) is 22.7 Å². The van der Waals surface area contributed by atoms with Crippen LogP contribution >= 0.6 is 0 Å². The summed E-state index contributed by atoms with van der Waals surface area (Å²) in [5, 5.41) is 19.3. The molecule has 3 N–H and O–H groups in total. The van der Waals surface area contributed by atoms with Gasteiger partial charge < -0.3 is 25.2 Å². The number of Topliss-reactive ketones (excluding diaryl/α,β-unsaturated/α-hetero) is 1. The molecule has 0 aliphatic carbocycles. The van der Waals surface area contributed by atoms with Gasteiger partial charge in [0.2, 0.25) is 5.78 Å². The average molecular weight is 440 g/mol. The molecule has 0 aromatic heterocycles. The lowest BCUT2D eigenvalue weighted by Gasteiger charge is -2.23. The lowest BCUT2D eigenvalue weighted by molar-refractivity contribution is -0.114. The number of benzene rings is 2. The maximum absolute atomic E-state index is 13.4. The van der Waals surface area contributed by atoms with Crippen molar-refractivity contribution in [1.29, 1.82) is 10.8 Å². The Morgan fingerprint density at radius 3 is 2.23 bits per heavy atom. The van der Waals surface area contributed by atoms with Crippen molar-refractivity contribution in [2.45, 2.75) is 12.1 Å². The molecule has 3 atom stereocenters. The van der Waals surface area contributed by atoms with Crippen molar-refractivity contribution in [3.8, 4) is 11.5 Å². The number of hydrogen-bond acceptors (Lipinski definition) is 9. The van der Waals surface area contributed by atoms with Crippen molar-refractivity contribution >= 4 is 42.0 Å². The van der Waals surface area contributed by atoms with Gasteiger partial charge in [0.1, 0.15) is 29.3 Å². The largest absolute Gasteiger partial charge is 0.497 e. The number of ether oxygens (including phenoxy) is 2. The molecular formula is C22H25N5O3S. The summed E-state index contributed by atoms with van der Waals surface area (Å²) in [6.45, 7) is 0. The number of methoxy groups -OCH3 is 2. The van der Waals surface area contributed by atoms with Gasteiger partial charge in [0.25, 0.3) is 0 Å². The van der Waals surface area contributed by atoms with E-state index in [1.165, 1.54) is 20.4 Å². The molecule has 0 radical (unpaired) electrons. The minimum atomic E-state index is -0.989. The van der Waals surface area contributed by atoms with E-state index in [9.17, 15) is 4.79 Å². The smallest absolute Gasteiger partial charge is 0.205 e. The average Bonchev–Trinajstić information content (AvgIpc) is 2.81. The lowest BCUT2D eigenvalue weighted by atomic mass is 9.90. The molecule has 2 rings (SSSR count). The third kappa shape index (κ3) is 6.02. The number of nitrogens with one attached hydrogen (secondary N) is 3. The molecule has 0 bridgehead atoms. The zero-order valence-electron chi connectivity index (χ0n) is 17.5. The highest BCUT2D eigenvalue weighted by Gasteiger charge is 2.32. The van der Waals surface area contributed by atoms with Gasteiger partial charge >= 0.3 is 0 Å². The number of rotatable bonds is 12. The van der Waals surface area contributed by atoms with E-state index in [4.69, 9.17) is 32.7 Å². The summed E-state index contributed by atoms with van der Waals surface area (Å²) in [5.41, 5.74) is 0.939. The van der Waals surface area contributed by atoms with Gasteiger partial charge in [-0.1, -0.05) is 30.3 Å². The predicted molar refractivity (Wildman–Crippen MR) is 125 cm³/mol. The van der Waals surface area contributed by atoms with Crippen LogP contribution in [0, 0.1) is 16.7 Å². The molecule has 162 valence electrons. The fourth-order valence-corrected chi connectivity index (χ4v) is 3.25. The number of carbonyl (C=O) groups excluding carboxylic acids is 1. The van der Waals surface area contributed by atoms with Crippen molar-refractivity contribution in [3.63, 3.8) is 0 Å². The number of ketones is 1. The number of anilines is 1. The van der Waals surface area contributed by atoms with E-state index in [1.54, 1.807) is 37.4 Å². The Balaban J connectivity index is 2.45. The SMILES string of the molecule is CN=CC(C=N)C(N=S)C(=N)C(=O)C(Nc1cc(OC)cc(OC)c1)c1ccccc1. The van der Waals surface area contributed by atoms with Gasteiger partial charge in [-0.05, 0) is 5.56 Å². The molecule has 0 fully saturated rings. The van der Waals surface area contributed by atoms with Crippen molar-refractivity contribution in [1.82, 2.24) is 0 Å². The quantitative estimate of drug-likeness (QED) is 0.437. The van der Waals surface area contributed by atoms with Crippen LogP contribution in [0.5, 0.6) is 11.5 Å². The summed E-state index contributed by atoms with van der Waals surface area (Å²) in [5.74, 6) is -0.0782. The number of nitrogens with zero attached hydrogens (tertiary/aromatic N) is 2. The van der Waals surface area contributed by atoms with Crippen LogP contribution in [0.25, 0.3) is 0 Å². The van der Waals surface area contributed by atoms with Crippen molar-refractivity contribution in [3.05, 3.63) is 54.1 Å².